The Morgan fingerprint density at radius 3 is 2.57 bits per heavy atom. The van der Waals surface area contributed by atoms with Crippen molar-refractivity contribution in [3.63, 3.8) is 0 Å². The van der Waals surface area contributed by atoms with Crippen molar-refractivity contribution in [2.75, 3.05) is 10.6 Å². The molecule has 1 aromatic heterocycles. The van der Waals surface area contributed by atoms with Gasteiger partial charge in [-0.05, 0) is 37.6 Å². The molecular formula is C21H18F3N5O. The number of aryl methyl sites for hydroxylation is 2. The lowest BCUT2D eigenvalue weighted by molar-refractivity contribution is -0.137. The molecule has 9 heteroatoms. The van der Waals surface area contributed by atoms with Crippen LogP contribution in [0.25, 0.3) is 0 Å². The molecule has 2 heterocycles. The molecule has 0 bridgehead atoms. The quantitative estimate of drug-likeness (QED) is 0.657. The van der Waals surface area contributed by atoms with Gasteiger partial charge in [0.25, 0.3) is 5.56 Å². The molecule has 1 aliphatic rings. The van der Waals surface area contributed by atoms with E-state index in [1.54, 1.807) is 6.92 Å². The van der Waals surface area contributed by atoms with Crippen LogP contribution in [0.1, 0.15) is 28.6 Å². The maximum Gasteiger partial charge on any atom is 0.416 e. The van der Waals surface area contributed by atoms with Gasteiger partial charge >= 0.3 is 6.18 Å². The molecule has 0 saturated heterocycles. The van der Waals surface area contributed by atoms with Gasteiger partial charge in [-0.3, -0.25) is 14.7 Å². The predicted molar refractivity (Wildman–Crippen MR) is 109 cm³/mol. The summed E-state index contributed by atoms with van der Waals surface area (Å²) in [7, 11) is 0. The number of alkyl halides is 3. The summed E-state index contributed by atoms with van der Waals surface area (Å²) in [5, 5.41) is 5.78. The van der Waals surface area contributed by atoms with Crippen molar-refractivity contribution >= 4 is 17.6 Å². The lowest BCUT2D eigenvalue weighted by Crippen LogP contribution is -2.37. The first-order valence-corrected chi connectivity index (χ1v) is 9.16. The highest BCUT2D eigenvalue weighted by Gasteiger charge is 2.31. The van der Waals surface area contributed by atoms with Gasteiger partial charge in [0.15, 0.2) is 6.17 Å². The van der Waals surface area contributed by atoms with Crippen LogP contribution in [0.2, 0.25) is 0 Å². The van der Waals surface area contributed by atoms with E-state index in [2.05, 4.69) is 20.6 Å². The molecule has 3 aromatic rings. The summed E-state index contributed by atoms with van der Waals surface area (Å²) in [4.78, 5) is 21.6. The summed E-state index contributed by atoms with van der Waals surface area (Å²) in [5.74, 6) is 0.453. The molecule has 1 aliphatic heterocycles. The minimum absolute atomic E-state index is 0.193. The molecule has 154 valence electrons. The minimum atomic E-state index is -4.46. The van der Waals surface area contributed by atoms with Crippen LogP contribution in [0, 0.1) is 13.8 Å². The average molecular weight is 413 g/mol. The second kappa shape index (κ2) is 7.33. The fraction of sp³-hybridized carbons (Fsp3) is 0.190. The number of nitrogens with zero attached hydrogens (tertiary/aromatic N) is 3. The molecule has 30 heavy (non-hydrogen) atoms. The van der Waals surface area contributed by atoms with Crippen LogP contribution >= 0.6 is 0 Å². The van der Waals surface area contributed by atoms with Crippen molar-refractivity contribution in [3.8, 4) is 0 Å². The van der Waals surface area contributed by atoms with Gasteiger partial charge in [0.2, 0.25) is 11.9 Å². The molecule has 0 saturated carbocycles. The summed E-state index contributed by atoms with van der Waals surface area (Å²) in [6, 6.07) is 13.7. The molecule has 0 fully saturated rings. The van der Waals surface area contributed by atoms with Crippen LogP contribution in [0.5, 0.6) is 0 Å². The zero-order valence-electron chi connectivity index (χ0n) is 16.2. The number of rotatable bonds is 2. The number of halogens is 3. The lowest BCUT2D eigenvalue weighted by Gasteiger charge is -2.27. The fourth-order valence-corrected chi connectivity index (χ4v) is 3.28. The molecule has 0 aliphatic carbocycles. The lowest BCUT2D eigenvalue weighted by atomic mass is 10.1. The number of aliphatic imine (C=N–C) groups is 1. The largest absolute Gasteiger partial charge is 0.416 e. The molecule has 0 spiro atoms. The predicted octanol–water partition coefficient (Wildman–Crippen LogP) is 4.32. The molecule has 0 radical (unpaired) electrons. The van der Waals surface area contributed by atoms with Crippen molar-refractivity contribution in [3.05, 3.63) is 87.3 Å². The highest BCUT2D eigenvalue weighted by atomic mass is 19.4. The van der Waals surface area contributed by atoms with E-state index in [0.29, 0.717) is 5.69 Å². The van der Waals surface area contributed by atoms with Gasteiger partial charge in [-0.1, -0.05) is 35.9 Å². The molecule has 0 unspecified atom stereocenters. The van der Waals surface area contributed by atoms with Gasteiger partial charge in [-0.15, -0.1) is 0 Å². The Hall–Kier alpha value is -3.62. The molecular weight excluding hydrogens is 395 g/mol. The topological polar surface area (TPSA) is 71.3 Å². The van der Waals surface area contributed by atoms with E-state index in [4.69, 9.17) is 0 Å². The smallest absolute Gasteiger partial charge is 0.326 e. The Labute approximate surface area is 170 Å². The van der Waals surface area contributed by atoms with Gasteiger partial charge in [0.05, 0.1) is 5.56 Å². The Morgan fingerprint density at radius 1 is 1.07 bits per heavy atom. The van der Waals surface area contributed by atoms with Gasteiger partial charge in [-0.25, -0.2) is 9.98 Å². The maximum atomic E-state index is 13.0. The van der Waals surface area contributed by atoms with E-state index in [1.807, 2.05) is 31.2 Å². The first kappa shape index (κ1) is 19.7. The minimum Gasteiger partial charge on any atom is -0.326 e. The normalized spacial score (nSPS) is 15.8. The molecule has 1 atom stereocenters. The van der Waals surface area contributed by atoms with Gasteiger partial charge in [0.1, 0.15) is 0 Å². The SMILES string of the molecule is Cc1cccc([C@H]2N=C(Nc3cccc(C(F)(F)F)c3)Nc3nc(C)cc(=O)n32)c1. The summed E-state index contributed by atoms with van der Waals surface area (Å²) in [5.41, 5.74) is 1.42. The maximum absolute atomic E-state index is 13.0. The summed E-state index contributed by atoms with van der Waals surface area (Å²) >= 11 is 0. The van der Waals surface area contributed by atoms with Crippen molar-refractivity contribution < 1.29 is 13.2 Å². The summed E-state index contributed by atoms with van der Waals surface area (Å²) < 4.78 is 40.5. The van der Waals surface area contributed by atoms with E-state index in [-0.39, 0.29) is 23.2 Å². The second-order valence-electron chi connectivity index (χ2n) is 7.02. The zero-order chi connectivity index (χ0) is 21.5. The van der Waals surface area contributed by atoms with Gasteiger partial charge < -0.3 is 5.32 Å². The number of fused-ring (bicyclic) bond motifs is 1. The van der Waals surface area contributed by atoms with Crippen LogP contribution in [-0.4, -0.2) is 15.5 Å². The summed E-state index contributed by atoms with van der Waals surface area (Å²) in [6.07, 6.45) is -5.17. The number of anilines is 2. The Balaban J connectivity index is 1.77. The van der Waals surface area contributed by atoms with E-state index in [1.165, 1.54) is 22.8 Å². The molecule has 2 N–H and O–H groups in total. The van der Waals surface area contributed by atoms with E-state index in [0.717, 1.165) is 23.3 Å². The van der Waals surface area contributed by atoms with Gasteiger partial charge in [-0.2, -0.15) is 13.2 Å². The molecule has 2 aromatic carbocycles. The van der Waals surface area contributed by atoms with Crippen LogP contribution in [0.3, 0.4) is 0 Å². The van der Waals surface area contributed by atoms with E-state index in [9.17, 15) is 18.0 Å². The number of hydrogen-bond acceptors (Lipinski definition) is 5. The first-order chi connectivity index (χ1) is 14.2. The Morgan fingerprint density at radius 2 is 1.83 bits per heavy atom. The van der Waals surface area contributed by atoms with Crippen molar-refractivity contribution in [2.45, 2.75) is 26.2 Å². The highest BCUT2D eigenvalue weighted by molar-refractivity contribution is 6.03. The number of aromatic nitrogens is 2. The average Bonchev–Trinajstić information content (AvgIpc) is 2.66. The molecule has 6 nitrogen and oxygen atoms in total. The van der Waals surface area contributed by atoms with Crippen molar-refractivity contribution in [1.82, 2.24) is 9.55 Å². The van der Waals surface area contributed by atoms with Crippen LogP contribution < -0.4 is 16.2 Å². The fourth-order valence-electron chi connectivity index (χ4n) is 3.28. The zero-order valence-corrected chi connectivity index (χ0v) is 16.2. The van der Waals surface area contributed by atoms with E-state index >= 15 is 0 Å². The third-order valence-electron chi connectivity index (χ3n) is 4.60. The van der Waals surface area contributed by atoms with Crippen molar-refractivity contribution in [1.29, 1.82) is 0 Å². The first-order valence-electron chi connectivity index (χ1n) is 9.16. The van der Waals surface area contributed by atoms with Crippen LogP contribution in [-0.2, 0) is 6.18 Å². The third-order valence-corrected chi connectivity index (χ3v) is 4.60. The van der Waals surface area contributed by atoms with Crippen molar-refractivity contribution in [2.24, 2.45) is 4.99 Å². The van der Waals surface area contributed by atoms with E-state index < -0.39 is 17.9 Å². The van der Waals surface area contributed by atoms with Crippen LogP contribution in [0.4, 0.5) is 24.8 Å². The van der Waals surface area contributed by atoms with Crippen LogP contribution in [0.15, 0.2) is 64.4 Å². The number of guanidine groups is 1. The summed E-state index contributed by atoms with van der Waals surface area (Å²) in [6.45, 7) is 3.62. The monoisotopic (exact) mass is 413 g/mol. The molecule has 4 rings (SSSR count). The highest BCUT2D eigenvalue weighted by Crippen LogP contribution is 2.31. The number of benzene rings is 2. The second-order valence-corrected chi connectivity index (χ2v) is 7.02. The Bertz CT molecular complexity index is 1200. The van der Waals surface area contributed by atoms with Gasteiger partial charge in [0, 0.05) is 17.4 Å². The number of hydrogen-bond donors (Lipinski definition) is 2. The number of nitrogens with one attached hydrogen (secondary N) is 2. The Kier molecular flexibility index (Phi) is 4.81. The third kappa shape index (κ3) is 3.91. The molecule has 0 amide bonds. The standard InChI is InChI=1S/C21H18F3N5O/c1-12-5-3-6-14(9-12)18-27-19(28-20-25-13(2)10-17(30)29(18)20)26-16-8-4-7-15(11-16)21(22,23)24/h3-11,18H,1-2H3,(H2,25,26,27,28)/t18-/m0/s1.